The average molecular weight is 387 g/mol. The van der Waals surface area contributed by atoms with Crippen molar-refractivity contribution >= 4 is 5.96 Å². The fourth-order valence-electron chi connectivity index (χ4n) is 4.18. The summed E-state index contributed by atoms with van der Waals surface area (Å²) < 4.78 is 5.25. The minimum Gasteiger partial charge on any atom is -0.497 e. The number of nitrogens with zero attached hydrogens (tertiary/aromatic N) is 3. The molecule has 0 spiro atoms. The number of methoxy groups -OCH3 is 1. The van der Waals surface area contributed by atoms with E-state index in [1.165, 1.54) is 44.3 Å². The molecule has 0 unspecified atom stereocenters. The standard InChI is InChI=1S/C23H38N4O/c1-4-24-23(27-15-9-19(2)10-16-27)25-17-20-11-13-26(14-12-20)18-21-5-7-22(28-3)8-6-21/h5-8,19-20H,4,9-18H2,1-3H3,(H,24,25). The van der Waals surface area contributed by atoms with Gasteiger partial charge in [0.1, 0.15) is 5.75 Å². The molecule has 2 fully saturated rings. The van der Waals surface area contributed by atoms with Crippen LogP contribution in [-0.4, -0.2) is 62.1 Å². The van der Waals surface area contributed by atoms with E-state index in [1.54, 1.807) is 7.11 Å². The van der Waals surface area contributed by atoms with Crippen molar-refractivity contribution in [2.24, 2.45) is 16.8 Å². The second kappa shape index (κ2) is 10.7. The Labute approximate surface area is 171 Å². The van der Waals surface area contributed by atoms with E-state index in [4.69, 9.17) is 9.73 Å². The van der Waals surface area contributed by atoms with Crippen LogP contribution >= 0.6 is 0 Å². The molecular formula is C23H38N4O. The van der Waals surface area contributed by atoms with Crippen LogP contribution < -0.4 is 10.1 Å². The number of rotatable bonds is 6. The Bertz CT molecular complexity index is 600. The highest BCUT2D eigenvalue weighted by Crippen LogP contribution is 2.21. The minimum atomic E-state index is 0.712. The van der Waals surface area contributed by atoms with Crippen molar-refractivity contribution in [3.05, 3.63) is 29.8 Å². The topological polar surface area (TPSA) is 40.1 Å². The molecule has 1 aromatic carbocycles. The highest BCUT2D eigenvalue weighted by molar-refractivity contribution is 5.80. The third kappa shape index (κ3) is 6.13. The summed E-state index contributed by atoms with van der Waals surface area (Å²) in [6, 6.07) is 8.47. The molecule has 0 aliphatic carbocycles. The van der Waals surface area contributed by atoms with Crippen LogP contribution in [0.15, 0.2) is 29.3 Å². The summed E-state index contributed by atoms with van der Waals surface area (Å²) in [5, 5.41) is 3.51. The molecule has 3 rings (SSSR count). The quantitative estimate of drug-likeness (QED) is 0.599. The predicted molar refractivity (Wildman–Crippen MR) is 117 cm³/mol. The van der Waals surface area contributed by atoms with Crippen molar-refractivity contribution < 1.29 is 4.74 Å². The largest absolute Gasteiger partial charge is 0.497 e. The van der Waals surface area contributed by atoms with E-state index < -0.39 is 0 Å². The van der Waals surface area contributed by atoms with Crippen molar-refractivity contribution in [3.8, 4) is 5.75 Å². The van der Waals surface area contributed by atoms with Gasteiger partial charge < -0.3 is 15.0 Å². The molecule has 1 N–H and O–H groups in total. The lowest BCUT2D eigenvalue weighted by atomic mass is 9.96. The first-order valence-electron chi connectivity index (χ1n) is 11.1. The predicted octanol–water partition coefficient (Wildman–Crippen LogP) is 3.60. The highest BCUT2D eigenvalue weighted by atomic mass is 16.5. The van der Waals surface area contributed by atoms with Gasteiger partial charge >= 0.3 is 0 Å². The molecule has 2 heterocycles. The number of benzene rings is 1. The zero-order valence-electron chi connectivity index (χ0n) is 18.0. The maximum Gasteiger partial charge on any atom is 0.193 e. The Morgan fingerprint density at radius 3 is 2.36 bits per heavy atom. The summed E-state index contributed by atoms with van der Waals surface area (Å²) in [5.41, 5.74) is 1.37. The Kier molecular flexibility index (Phi) is 8.01. The fourth-order valence-corrected chi connectivity index (χ4v) is 4.18. The molecule has 156 valence electrons. The molecule has 2 aliphatic rings. The van der Waals surface area contributed by atoms with Crippen LogP contribution in [-0.2, 0) is 6.54 Å². The summed E-state index contributed by atoms with van der Waals surface area (Å²) in [5.74, 6) is 3.63. The first-order chi connectivity index (χ1) is 13.7. The number of aliphatic imine (C=N–C) groups is 1. The lowest BCUT2D eigenvalue weighted by Crippen LogP contribution is -2.45. The van der Waals surface area contributed by atoms with Crippen LogP contribution in [0.4, 0.5) is 0 Å². The number of piperidine rings is 2. The molecule has 28 heavy (non-hydrogen) atoms. The van der Waals surface area contributed by atoms with E-state index in [0.717, 1.165) is 50.4 Å². The van der Waals surface area contributed by atoms with Gasteiger partial charge in [0.05, 0.1) is 7.11 Å². The molecule has 2 aliphatic heterocycles. The number of hydrogen-bond donors (Lipinski definition) is 1. The van der Waals surface area contributed by atoms with E-state index in [2.05, 4.69) is 53.2 Å². The number of hydrogen-bond acceptors (Lipinski definition) is 3. The van der Waals surface area contributed by atoms with Crippen LogP contribution in [0.3, 0.4) is 0 Å². The van der Waals surface area contributed by atoms with Gasteiger partial charge in [-0.15, -0.1) is 0 Å². The van der Waals surface area contributed by atoms with Gasteiger partial charge in [0.15, 0.2) is 5.96 Å². The Hall–Kier alpha value is -1.75. The second-order valence-corrected chi connectivity index (χ2v) is 8.43. The van der Waals surface area contributed by atoms with Crippen LogP contribution in [0, 0.1) is 11.8 Å². The van der Waals surface area contributed by atoms with Gasteiger partial charge in [-0.25, -0.2) is 0 Å². The fraction of sp³-hybridized carbons (Fsp3) is 0.696. The molecular weight excluding hydrogens is 348 g/mol. The number of ether oxygens (including phenoxy) is 1. The molecule has 5 heteroatoms. The van der Waals surface area contributed by atoms with Crippen molar-refractivity contribution in [2.45, 2.75) is 46.1 Å². The van der Waals surface area contributed by atoms with Crippen LogP contribution in [0.2, 0.25) is 0 Å². The summed E-state index contributed by atoms with van der Waals surface area (Å²) >= 11 is 0. The molecule has 0 atom stereocenters. The van der Waals surface area contributed by atoms with Crippen molar-refractivity contribution in [3.63, 3.8) is 0 Å². The second-order valence-electron chi connectivity index (χ2n) is 8.43. The van der Waals surface area contributed by atoms with Crippen molar-refractivity contribution in [1.29, 1.82) is 0 Å². The lowest BCUT2D eigenvalue weighted by Gasteiger charge is -2.34. The monoisotopic (exact) mass is 386 g/mol. The van der Waals surface area contributed by atoms with Crippen LogP contribution in [0.25, 0.3) is 0 Å². The van der Waals surface area contributed by atoms with E-state index in [1.807, 2.05) is 0 Å². The molecule has 0 saturated carbocycles. The zero-order chi connectivity index (χ0) is 19.8. The van der Waals surface area contributed by atoms with Crippen LogP contribution in [0.1, 0.15) is 45.1 Å². The molecule has 1 aromatic rings. The van der Waals surface area contributed by atoms with E-state index in [9.17, 15) is 0 Å². The highest BCUT2D eigenvalue weighted by Gasteiger charge is 2.21. The van der Waals surface area contributed by atoms with Gasteiger partial charge in [0, 0.05) is 32.7 Å². The van der Waals surface area contributed by atoms with Gasteiger partial charge in [-0.05, 0) is 75.2 Å². The van der Waals surface area contributed by atoms with E-state index >= 15 is 0 Å². The van der Waals surface area contributed by atoms with Crippen molar-refractivity contribution in [1.82, 2.24) is 15.1 Å². The Morgan fingerprint density at radius 1 is 1.07 bits per heavy atom. The third-order valence-corrected chi connectivity index (χ3v) is 6.19. The van der Waals surface area contributed by atoms with E-state index in [-0.39, 0.29) is 0 Å². The molecule has 5 nitrogen and oxygen atoms in total. The average Bonchev–Trinajstić information content (AvgIpc) is 2.73. The Morgan fingerprint density at radius 2 is 1.75 bits per heavy atom. The summed E-state index contributed by atoms with van der Waals surface area (Å²) in [6.07, 6.45) is 5.06. The van der Waals surface area contributed by atoms with Crippen molar-refractivity contribution in [2.75, 3.05) is 46.4 Å². The first kappa shape index (κ1) is 21.0. The maximum atomic E-state index is 5.25. The number of nitrogens with one attached hydrogen (secondary N) is 1. The molecule has 0 amide bonds. The first-order valence-corrected chi connectivity index (χ1v) is 11.1. The van der Waals surface area contributed by atoms with Crippen LogP contribution in [0.5, 0.6) is 5.75 Å². The number of guanidine groups is 1. The lowest BCUT2D eigenvalue weighted by molar-refractivity contribution is 0.180. The SMILES string of the molecule is CCNC(=NCC1CCN(Cc2ccc(OC)cc2)CC1)N1CCC(C)CC1. The minimum absolute atomic E-state index is 0.712. The van der Waals surface area contributed by atoms with E-state index in [0.29, 0.717) is 5.92 Å². The van der Waals surface area contributed by atoms with Gasteiger partial charge in [-0.2, -0.15) is 0 Å². The Balaban J connectivity index is 1.45. The maximum absolute atomic E-state index is 5.25. The third-order valence-electron chi connectivity index (χ3n) is 6.19. The normalized spacial score (nSPS) is 20.4. The smallest absolute Gasteiger partial charge is 0.193 e. The zero-order valence-corrected chi connectivity index (χ0v) is 18.0. The van der Waals surface area contributed by atoms with Gasteiger partial charge in [0.2, 0.25) is 0 Å². The molecule has 0 bridgehead atoms. The van der Waals surface area contributed by atoms with Gasteiger partial charge in [0.25, 0.3) is 0 Å². The molecule has 2 saturated heterocycles. The summed E-state index contributed by atoms with van der Waals surface area (Å²) in [4.78, 5) is 10.0. The summed E-state index contributed by atoms with van der Waals surface area (Å²) in [6.45, 7) is 12.1. The molecule has 0 aromatic heterocycles. The summed E-state index contributed by atoms with van der Waals surface area (Å²) in [7, 11) is 1.72. The van der Waals surface area contributed by atoms with Gasteiger partial charge in [-0.1, -0.05) is 19.1 Å². The number of likely N-dealkylation sites (tertiary alicyclic amines) is 2. The van der Waals surface area contributed by atoms with Gasteiger partial charge in [-0.3, -0.25) is 9.89 Å². The molecule has 0 radical (unpaired) electrons.